The number of rotatable bonds is 7. The number of carbonyl (C=O) groups excluding carboxylic acids is 2. The van der Waals surface area contributed by atoms with E-state index in [0.29, 0.717) is 11.3 Å². The van der Waals surface area contributed by atoms with Gasteiger partial charge >= 0.3 is 5.97 Å². The fourth-order valence-corrected chi connectivity index (χ4v) is 2.57. The Morgan fingerprint density at radius 1 is 1.03 bits per heavy atom. The van der Waals surface area contributed by atoms with Crippen molar-refractivity contribution >= 4 is 23.8 Å². The number of benzene rings is 3. The van der Waals surface area contributed by atoms with Gasteiger partial charge in [0.1, 0.15) is 11.6 Å². The lowest BCUT2D eigenvalue weighted by Crippen LogP contribution is -2.26. The van der Waals surface area contributed by atoms with Crippen LogP contribution in [0.5, 0.6) is 5.75 Å². The Labute approximate surface area is 173 Å². The van der Waals surface area contributed by atoms with Crippen LogP contribution in [-0.2, 0) is 4.79 Å². The van der Waals surface area contributed by atoms with Crippen molar-refractivity contribution in [2.24, 2.45) is 5.10 Å². The first-order valence-corrected chi connectivity index (χ1v) is 9.20. The summed E-state index contributed by atoms with van der Waals surface area (Å²) in [6.45, 7) is 2.05. The number of para-hydroxylation sites is 1. The third-order valence-electron chi connectivity index (χ3n) is 4.14. The van der Waals surface area contributed by atoms with Crippen LogP contribution in [0, 0.1) is 12.7 Å². The van der Waals surface area contributed by atoms with Crippen LogP contribution in [0.4, 0.5) is 10.1 Å². The Balaban J connectivity index is 1.48. The first-order chi connectivity index (χ1) is 14.5. The zero-order valence-electron chi connectivity index (χ0n) is 16.3. The second kappa shape index (κ2) is 9.97. The molecule has 0 aliphatic heterocycles. The molecule has 6 nitrogen and oxygen atoms in total. The largest absolute Gasteiger partial charge is 0.423 e. The SMILES string of the molecule is Cc1ccccc1NCC(=O)N/N=C\c1ccc(OC(=O)c2cccc(F)c2)cc1. The summed E-state index contributed by atoms with van der Waals surface area (Å²) in [5.74, 6) is -1.13. The Kier molecular flexibility index (Phi) is 6.89. The van der Waals surface area contributed by atoms with E-state index in [-0.39, 0.29) is 18.0 Å². The first kappa shape index (κ1) is 20.7. The summed E-state index contributed by atoms with van der Waals surface area (Å²) in [5.41, 5.74) is 5.21. The lowest BCUT2D eigenvalue weighted by Gasteiger charge is -2.07. The third kappa shape index (κ3) is 6.00. The van der Waals surface area contributed by atoms with E-state index in [9.17, 15) is 14.0 Å². The van der Waals surface area contributed by atoms with Crippen molar-refractivity contribution in [2.75, 3.05) is 11.9 Å². The van der Waals surface area contributed by atoms with Crippen LogP contribution in [0.25, 0.3) is 0 Å². The standard InChI is InChI=1S/C23H20FN3O3/c1-16-5-2-3-8-21(16)25-15-22(28)27-26-14-17-9-11-20(12-10-17)30-23(29)18-6-4-7-19(24)13-18/h2-14,25H,15H2,1H3,(H,27,28)/b26-14-. The highest BCUT2D eigenvalue weighted by Gasteiger charge is 2.09. The summed E-state index contributed by atoms with van der Waals surface area (Å²) in [7, 11) is 0. The van der Waals surface area contributed by atoms with Gasteiger partial charge in [0, 0.05) is 5.69 Å². The minimum absolute atomic E-state index is 0.0944. The zero-order chi connectivity index (χ0) is 21.3. The number of anilines is 1. The number of hydrogen-bond acceptors (Lipinski definition) is 5. The van der Waals surface area contributed by atoms with E-state index < -0.39 is 11.8 Å². The molecule has 0 unspecified atom stereocenters. The number of amides is 1. The van der Waals surface area contributed by atoms with Crippen LogP contribution in [-0.4, -0.2) is 24.6 Å². The molecule has 3 aromatic rings. The number of carbonyl (C=O) groups is 2. The van der Waals surface area contributed by atoms with Crippen molar-refractivity contribution in [3.8, 4) is 5.75 Å². The summed E-state index contributed by atoms with van der Waals surface area (Å²) in [6, 6.07) is 19.5. The van der Waals surface area contributed by atoms with Crippen LogP contribution >= 0.6 is 0 Å². The first-order valence-electron chi connectivity index (χ1n) is 9.20. The van der Waals surface area contributed by atoms with Gasteiger partial charge in [0.25, 0.3) is 5.91 Å². The summed E-state index contributed by atoms with van der Waals surface area (Å²) in [4.78, 5) is 23.9. The number of halogens is 1. The lowest BCUT2D eigenvalue weighted by molar-refractivity contribution is -0.119. The quantitative estimate of drug-likeness (QED) is 0.270. The molecular formula is C23H20FN3O3. The van der Waals surface area contributed by atoms with Gasteiger partial charge in [0.15, 0.2) is 0 Å². The summed E-state index contributed by atoms with van der Waals surface area (Å²) in [6.07, 6.45) is 1.48. The molecule has 30 heavy (non-hydrogen) atoms. The molecule has 0 aliphatic rings. The average Bonchev–Trinajstić information content (AvgIpc) is 2.74. The molecule has 152 valence electrons. The Morgan fingerprint density at radius 3 is 2.53 bits per heavy atom. The van der Waals surface area contributed by atoms with Crippen molar-refractivity contribution in [2.45, 2.75) is 6.92 Å². The van der Waals surface area contributed by atoms with Gasteiger partial charge in [-0.2, -0.15) is 5.10 Å². The zero-order valence-corrected chi connectivity index (χ0v) is 16.3. The molecule has 0 radical (unpaired) electrons. The molecule has 0 fully saturated rings. The van der Waals surface area contributed by atoms with E-state index >= 15 is 0 Å². The van der Waals surface area contributed by atoms with E-state index in [0.717, 1.165) is 17.3 Å². The van der Waals surface area contributed by atoms with Gasteiger partial charge in [-0.3, -0.25) is 4.79 Å². The van der Waals surface area contributed by atoms with Gasteiger partial charge < -0.3 is 10.1 Å². The molecule has 2 N–H and O–H groups in total. The fourth-order valence-electron chi connectivity index (χ4n) is 2.57. The minimum Gasteiger partial charge on any atom is -0.423 e. The topological polar surface area (TPSA) is 79.8 Å². The van der Waals surface area contributed by atoms with Crippen molar-refractivity contribution < 1.29 is 18.7 Å². The predicted octanol–water partition coefficient (Wildman–Crippen LogP) is 3.92. The highest BCUT2D eigenvalue weighted by atomic mass is 19.1. The highest BCUT2D eigenvalue weighted by Crippen LogP contribution is 2.14. The number of hydrogen-bond donors (Lipinski definition) is 2. The number of ether oxygens (including phenoxy) is 1. The van der Waals surface area contributed by atoms with Crippen molar-refractivity contribution in [3.63, 3.8) is 0 Å². The number of nitrogens with one attached hydrogen (secondary N) is 2. The molecule has 3 rings (SSSR count). The van der Waals surface area contributed by atoms with Crippen LogP contribution in [0.15, 0.2) is 77.9 Å². The van der Waals surface area contributed by atoms with Crippen molar-refractivity contribution in [3.05, 3.63) is 95.3 Å². The lowest BCUT2D eigenvalue weighted by atomic mass is 10.2. The maximum atomic E-state index is 13.2. The van der Waals surface area contributed by atoms with E-state index in [4.69, 9.17) is 4.74 Å². The van der Waals surface area contributed by atoms with E-state index in [1.54, 1.807) is 24.3 Å². The number of nitrogens with zero attached hydrogens (tertiary/aromatic N) is 1. The number of hydrazone groups is 1. The van der Waals surface area contributed by atoms with Gasteiger partial charge in [-0.15, -0.1) is 0 Å². The molecule has 0 saturated heterocycles. The molecule has 0 heterocycles. The van der Waals surface area contributed by atoms with Crippen LogP contribution in [0.2, 0.25) is 0 Å². The molecule has 0 aromatic heterocycles. The normalized spacial score (nSPS) is 10.6. The molecule has 0 saturated carbocycles. The number of esters is 1. The van der Waals surface area contributed by atoms with Crippen LogP contribution in [0.3, 0.4) is 0 Å². The molecule has 0 bridgehead atoms. The van der Waals surface area contributed by atoms with Crippen LogP contribution < -0.4 is 15.5 Å². The van der Waals surface area contributed by atoms with E-state index in [2.05, 4.69) is 15.8 Å². The molecule has 7 heteroatoms. The van der Waals surface area contributed by atoms with E-state index in [1.807, 2.05) is 31.2 Å². The van der Waals surface area contributed by atoms with Gasteiger partial charge in [-0.25, -0.2) is 14.6 Å². The van der Waals surface area contributed by atoms with Gasteiger partial charge in [0.05, 0.1) is 18.3 Å². The molecule has 3 aromatic carbocycles. The Bertz CT molecular complexity index is 1070. The second-order valence-corrected chi connectivity index (χ2v) is 6.43. The van der Waals surface area contributed by atoms with Crippen LogP contribution in [0.1, 0.15) is 21.5 Å². The molecule has 0 atom stereocenters. The van der Waals surface area contributed by atoms with Crippen molar-refractivity contribution in [1.29, 1.82) is 0 Å². The van der Waals surface area contributed by atoms with Gasteiger partial charge in [0.2, 0.25) is 0 Å². The fraction of sp³-hybridized carbons (Fsp3) is 0.0870. The highest BCUT2D eigenvalue weighted by molar-refractivity contribution is 5.91. The molecular weight excluding hydrogens is 385 g/mol. The Hall–Kier alpha value is -4.00. The smallest absolute Gasteiger partial charge is 0.343 e. The van der Waals surface area contributed by atoms with Crippen molar-refractivity contribution in [1.82, 2.24) is 5.43 Å². The maximum absolute atomic E-state index is 13.2. The Morgan fingerprint density at radius 2 is 1.80 bits per heavy atom. The summed E-state index contributed by atoms with van der Waals surface area (Å²) in [5, 5.41) is 6.96. The van der Waals surface area contributed by atoms with Gasteiger partial charge in [-0.1, -0.05) is 24.3 Å². The summed E-state index contributed by atoms with van der Waals surface area (Å²) < 4.78 is 18.4. The monoisotopic (exact) mass is 405 g/mol. The third-order valence-corrected chi connectivity index (χ3v) is 4.14. The average molecular weight is 405 g/mol. The summed E-state index contributed by atoms with van der Waals surface area (Å²) >= 11 is 0. The molecule has 0 spiro atoms. The molecule has 1 amide bonds. The minimum atomic E-state index is -0.649. The number of aryl methyl sites for hydroxylation is 1. The van der Waals surface area contributed by atoms with E-state index in [1.165, 1.54) is 24.4 Å². The predicted molar refractivity (Wildman–Crippen MR) is 113 cm³/mol. The molecule has 0 aliphatic carbocycles. The van der Waals surface area contributed by atoms with Gasteiger partial charge in [-0.05, 0) is 66.6 Å². The second-order valence-electron chi connectivity index (χ2n) is 6.43. The maximum Gasteiger partial charge on any atom is 0.343 e.